The van der Waals surface area contributed by atoms with Gasteiger partial charge in [0.25, 0.3) is 0 Å². The smallest absolute Gasteiger partial charge is 0.308 e. The standard InChI is InChI=1S/C18H28N6O3/c1-4-9-19-16-21-17(20-10-5-2)23-18(22-16)24-11-6-14(7-12-24)27-15(25)8-13-26-3/h4-5,14H,1-2,6-13H2,3H3,(H2,19,20,21,22,23). The molecule has 0 aliphatic carbocycles. The number of aromatic nitrogens is 3. The minimum Gasteiger partial charge on any atom is -0.462 e. The van der Waals surface area contributed by atoms with Gasteiger partial charge in [0.05, 0.1) is 13.0 Å². The molecule has 0 bridgehead atoms. The number of rotatable bonds is 11. The number of anilines is 3. The van der Waals surface area contributed by atoms with Gasteiger partial charge in [0.1, 0.15) is 6.10 Å². The van der Waals surface area contributed by atoms with Crippen molar-refractivity contribution in [2.75, 3.05) is 55.4 Å². The highest BCUT2D eigenvalue weighted by atomic mass is 16.5. The van der Waals surface area contributed by atoms with Crippen LogP contribution in [0.25, 0.3) is 0 Å². The fraction of sp³-hybridized carbons (Fsp3) is 0.556. The Bertz CT molecular complexity index is 601. The van der Waals surface area contributed by atoms with Crippen LogP contribution >= 0.6 is 0 Å². The quantitative estimate of drug-likeness (QED) is 0.440. The number of carbonyl (C=O) groups excluding carboxylic acids is 1. The third-order valence-corrected chi connectivity index (χ3v) is 3.97. The van der Waals surface area contributed by atoms with Crippen molar-refractivity contribution in [2.24, 2.45) is 0 Å². The summed E-state index contributed by atoms with van der Waals surface area (Å²) in [6.07, 6.45) is 5.14. The first kappa shape index (κ1) is 20.6. The number of esters is 1. The van der Waals surface area contributed by atoms with Gasteiger partial charge in [0, 0.05) is 46.1 Å². The molecule has 0 atom stereocenters. The van der Waals surface area contributed by atoms with Crippen molar-refractivity contribution in [3.63, 3.8) is 0 Å². The lowest BCUT2D eigenvalue weighted by Crippen LogP contribution is -2.39. The van der Waals surface area contributed by atoms with Crippen molar-refractivity contribution in [3.8, 4) is 0 Å². The molecule has 148 valence electrons. The Kier molecular flexibility index (Phi) is 8.50. The monoisotopic (exact) mass is 376 g/mol. The van der Waals surface area contributed by atoms with E-state index < -0.39 is 0 Å². The second kappa shape index (κ2) is 11.1. The molecular formula is C18H28N6O3. The lowest BCUT2D eigenvalue weighted by Gasteiger charge is -2.31. The van der Waals surface area contributed by atoms with Gasteiger partial charge in [-0.2, -0.15) is 15.0 Å². The predicted molar refractivity (Wildman–Crippen MR) is 105 cm³/mol. The van der Waals surface area contributed by atoms with Crippen LogP contribution in [0.4, 0.5) is 17.8 Å². The third kappa shape index (κ3) is 6.86. The minimum atomic E-state index is -0.220. The van der Waals surface area contributed by atoms with Crippen molar-refractivity contribution < 1.29 is 14.3 Å². The number of hydrogen-bond acceptors (Lipinski definition) is 9. The molecular weight excluding hydrogens is 348 g/mol. The maximum absolute atomic E-state index is 11.7. The Labute approximate surface area is 159 Å². The number of methoxy groups -OCH3 is 1. The zero-order valence-electron chi connectivity index (χ0n) is 15.8. The maximum Gasteiger partial charge on any atom is 0.308 e. The summed E-state index contributed by atoms with van der Waals surface area (Å²) in [5, 5.41) is 6.18. The highest BCUT2D eigenvalue weighted by Crippen LogP contribution is 2.20. The van der Waals surface area contributed by atoms with Gasteiger partial charge >= 0.3 is 5.97 Å². The molecule has 0 saturated carbocycles. The zero-order valence-corrected chi connectivity index (χ0v) is 15.8. The lowest BCUT2D eigenvalue weighted by molar-refractivity contribution is -0.150. The summed E-state index contributed by atoms with van der Waals surface area (Å²) in [6, 6.07) is 0. The van der Waals surface area contributed by atoms with Crippen LogP contribution in [0.2, 0.25) is 0 Å². The summed E-state index contributed by atoms with van der Waals surface area (Å²) < 4.78 is 10.4. The van der Waals surface area contributed by atoms with Gasteiger partial charge in [0.15, 0.2) is 0 Å². The summed E-state index contributed by atoms with van der Waals surface area (Å²) in [4.78, 5) is 27.1. The van der Waals surface area contributed by atoms with Crippen LogP contribution in [0.1, 0.15) is 19.3 Å². The average Bonchev–Trinajstić information content (AvgIpc) is 2.69. The van der Waals surface area contributed by atoms with Crippen LogP contribution in [-0.4, -0.2) is 66.9 Å². The number of carbonyl (C=O) groups is 1. The van der Waals surface area contributed by atoms with E-state index in [0.717, 1.165) is 12.8 Å². The van der Waals surface area contributed by atoms with Crippen molar-refractivity contribution in [2.45, 2.75) is 25.4 Å². The molecule has 1 aliphatic rings. The fourth-order valence-electron chi connectivity index (χ4n) is 2.60. The van der Waals surface area contributed by atoms with Crippen molar-refractivity contribution in [1.29, 1.82) is 0 Å². The number of ether oxygens (including phenoxy) is 2. The van der Waals surface area contributed by atoms with E-state index in [0.29, 0.717) is 50.6 Å². The molecule has 9 nitrogen and oxygen atoms in total. The predicted octanol–water partition coefficient (Wildman–Crippen LogP) is 1.62. The SMILES string of the molecule is C=CCNc1nc(NCC=C)nc(N2CCC(OC(=O)CCOC)CC2)n1. The average molecular weight is 376 g/mol. The molecule has 2 heterocycles. The molecule has 0 spiro atoms. The molecule has 1 aromatic rings. The number of hydrogen-bond donors (Lipinski definition) is 2. The van der Waals surface area contributed by atoms with Gasteiger partial charge in [0.2, 0.25) is 17.8 Å². The van der Waals surface area contributed by atoms with Gasteiger partial charge in [-0.15, -0.1) is 13.2 Å². The Morgan fingerprint density at radius 1 is 1.15 bits per heavy atom. The summed E-state index contributed by atoms with van der Waals surface area (Å²) in [7, 11) is 1.57. The molecule has 1 aromatic heterocycles. The van der Waals surface area contributed by atoms with E-state index in [1.54, 1.807) is 19.3 Å². The molecule has 1 saturated heterocycles. The molecule has 0 unspecified atom stereocenters. The largest absolute Gasteiger partial charge is 0.462 e. The van der Waals surface area contributed by atoms with E-state index in [9.17, 15) is 4.79 Å². The van der Waals surface area contributed by atoms with Crippen molar-refractivity contribution in [1.82, 2.24) is 15.0 Å². The second-order valence-electron chi connectivity index (χ2n) is 6.04. The molecule has 2 N–H and O–H groups in total. The first-order chi connectivity index (χ1) is 13.2. The summed E-state index contributed by atoms with van der Waals surface area (Å²) in [5.74, 6) is 1.34. The summed E-state index contributed by atoms with van der Waals surface area (Å²) >= 11 is 0. The van der Waals surface area contributed by atoms with Crippen LogP contribution in [-0.2, 0) is 14.3 Å². The number of nitrogens with zero attached hydrogens (tertiary/aromatic N) is 4. The van der Waals surface area contributed by atoms with Gasteiger partial charge in [-0.05, 0) is 0 Å². The maximum atomic E-state index is 11.7. The molecule has 2 rings (SSSR count). The van der Waals surface area contributed by atoms with Crippen LogP contribution < -0.4 is 15.5 Å². The molecule has 1 aliphatic heterocycles. The minimum absolute atomic E-state index is 0.0795. The lowest BCUT2D eigenvalue weighted by atomic mass is 10.1. The van der Waals surface area contributed by atoms with E-state index in [4.69, 9.17) is 9.47 Å². The molecule has 1 fully saturated rings. The highest BCUT2D eigenvalue weighted by Gasteiger charge is 2.24. The molecule has 9 heteroatoms. The van der Waals surface area contributed by atoms with Gasteiger partial charge in [-0.3, -0.25) is 4.79 Å². The molecule has 0 aromatic carbocycles. The van der Waals surface area contributed by atoms with E-state index in [1.165, 1.54) is 0 Å². The molecule has 0 amide bonds. The summed E-state index contributed by atoms with van der Waals surface area (Å²) in [6.45, 7) is 10.3. The number of piperidine rings is 1. The van der Waals surface area contributed by atoms with E-state index >= 15 is 0 Å². The molecule has 27 heavy (non-hydrogen) atoms. The van der Waals surface area contributed by atoms with Crippen LogP contribution in [0.5, 0.6) is 0 Å². The zero-order chi connectivity index (χ0) is 19.5. The van der Waals surface area contributed by atoms with Crippen LogP contribution in [0, 0.1) is 0 Å². The highest BCUT2D eigenvalue weighted by molar-refractivity contribution is 5.69. The van der Waals surface area contributed by atoms with Crippen molar-refractivity contribution >= 4 is 23.8 Å². The van der Waals surface area contributed by atoms with Gasteiger partial charge in [-0.1, -0.05) is 12.2 Å². The van der Waals surface area contributed by atoms with Gasteiger partial charge in [-0.25, -0.2) is 0 Å². The summed E-state index contributed by atoms with van der Waals surface area (Å²) in [5.41, 5.74) is 0. The Hall–Kier alpha value is -2.68. The number of nitrogens with one attached hydrogen (secondary N) is 2. The van der Waals surface area contributed by atoms with Gasteiger partial charge < -0.3 is 25.0 Å². The Morgan fingerprint density at radius 3 is 2.26 bits per heavy atom. The van der Waals surface area contributed by atoms with Crippen molar-refractivity contribution in [3.05, 3.63) is 25.3 Å². The second-order valence-corrected chi connectivity index (χ2v) is 6.04. The van der Waals surface area contributed by atoms with Crippen LogP contribution in [0.15, 0.2) is 25.3 Å². The van der Waals surface area contributed by atoms with Crippen LogP contribution in [0.3, 0.4) is 0 Å². The first-order valence-electron chi connectivity index (χ1n) is 9.05. The topological polar surface area (TPSA) is 102 Å². The fourth-order valence-corrected chi connectivity index (χ4v) is 2.60. The Balaban J connectivity index is 1.97. The normalized spacial score (nSPS) is 14.5. The van der Waals surface area contributed by atoms with E-state index in [2.05, 4.69) is 43.6 Å². The van der Waals surface area contributed by atoms with E-state index in [1.807, 2.05) is 0 Å². The third-order valence-electron chi connectivity index (χ3n) is 3.97. The Morgan fingerprint density at radius 2 is 1.74 bits per heavy atom. The first-order valence-corrected chi connectivity index (χ1v) is 9.05. The molecule has 0 radical (unpaired) electrons. The van der Waals surface area contributed by atoms with E-state index in [-0.39, 0.29) is 18.5 Å².